The van der Waals surface area contributed by atoms with E-state index in [1.807, 2.05) is 33.6 Å². The molecular formula is C26H24BrN7O. The molecule has 0 radical (unpaired) electrons. The van der Waals surface area contributed by atoms with Gasteiger partial charge >= 0.3 is 0 Å². The second-order valence-electron chi connectivity index (χ2n) is 9.65. The van der Waals surface area contributed by atoms with Gasteiger partial charge in [-0.1, -0.05) is 22.0 Å². The number of nitrogens with zero attached hydrogens (tertiary/aromatic N) is 6. The number of pyridine rings is 2. The second kappa shape index (κ2) is 8.05. The average Bonchev–Trinajstić information content (AvgIpc) is 3.77. The minimum atomic E-state index is -0.113. The van der Waals surface area contributed by atoms with Gasteiger partial charge in [0.1, 0.15) is 5.65 Å². The molecule has 5 aromatic heterocycles. The van der Waals surface area contributed by atoms with Gasteiger partial charge in [-0.2, -0.15) is 5.10 Å². The molecule has 176 valence electrons. The molecule has 0 atom stereocenters. The van der Waals surface area contributed by atoms with Crippen LogP contribution in [0.3, 0.4) is 0 Å². The van der Waals surface area contributed by atoms with E-state index in [1.54, 1.807) is 6.33 Å². The van der Waals surface area contributed by atoms with E-state index in [-0.39, 0.29) is 5.91 Å². The molecule has 0 aromatic carbocycles. The summed E-state index contributed by atoms with van der Waals surface area (Å²) < 4.78 is 6.89. The van der Waals surface area contributed by atoms with Gasteiger partial charge in [-0.3, -0.25) is 9.48 Å². The third kappa shape index (κ3) is 4.03. The van der Waals surface area contributed by atoms with Crippen LogP contribution in [0.1, 0.15) is 70.5 Å². The maximum absolute atomic E-state index is 13.2. The summed E-state index contributed by atoms with van der Waals surface area (Å²) in [6, 6.07) is 8.24. The van der Waals surface area contributed by atoms with Crippen LogP contribution in [-0.2, 0) is 13.1 Å². The van der Waals surface area contributed by atoms with Crippen LogP contribution in [0.5, 0.6) is 0 Å². The number of aromatic nitrogens is 6. The normalized spacial score (nSPS) is 15.8. The second-order valence-corrected chi connectivity index (χ2v) is 10.6. The van der Waals surface area contributed by atoms with E-state index < -0.39 is 0 Å². The van der Waals surface area contributed by atoms with Gasteiger partial charge < -0.3 is 14.1 Å². The number of carbonyl (C=O) groups is 1. The average molecular weight is 530 g/mol. The van der Waals surface area contributed by atoms with Crippen molar-refractivity contribution in [3.05, 3.63) is 88.1 Å². The molecule has 7 rings (SSSR count). The van der Waals surface area contributed by atoms with Gasteiger partial charge in [0.05, 0.1) is 47.6 Å². The van der Waals surface area contributed by atoms with Crippen LogP contribution in [0.15, 0.2) is 59.9 Å². The Bertz CT molecular complexity index is 1590. The number of nitrogens with one attached hydrogen (secondary N) is 1. The van der Waals surface area contributed by atoms with E-state index in [2.05, 4.69) is 55.2 Å². The fourth-order valence-electron chi connectivity index (χ4n) is 4.72. The van der Waals surface area contributed by atoms with Gasteiger partial charge in [0, 0.05) is 35.2 Å². The predicted molar refractivity (Wildman–Crippen MR) is 135 cm³/mol. The van der Waals surface area contributed by atoms with Crippen LogP contribution in [-0.4, -0.2) is 34.5 Å². The maximum atomic E-state index is 13.2. The van der Waals surface area contributed by atoms with Gasteiger partial charge in [0.25, 0.3) is 5.91 Å². The van der Waals surface area contributed by atoms with Crippen LogP contribution in [0, 0.1) is 0 Å². The Kier molecular flexibility index (Phi) is 4.80. The smallest absolute Gasteiger partial charge is 0.255 e. The molecule has 35 heavy (non-hydrogen) atoms. The molecule has 0 saturated heterocycles. The molecule has 0 unspecified atom stereocenters. The van der Waals surface area contributed by atoms with Gasteiger partial charge in [0.2, 0.25) is 0 Å². The largest absolute Gasteiger partial charge is 0.346 e. The summed E-state index contributed by atoms with van der Waals surface area (Å²) in [7, 11) is 0. The highest BCUT2D eigenvalue weighted by Gasteiger charge is 2.31. The van der Waals surface area contributed by atoms with Crippen LogP contribution < -0.4 is 5.32 Å². The third-order valence-corrected chi connectivity index (χ3v) is 7.39. The highest BCUT2D eigenvalue weighted by Crippen LogP contribution is 2.41. The lowest BCUT2D eigenvalue weighted by Gasteiger charge is -2.04. The van der Waals surface area contributed by atoms with Crippen molar-refractivity contribution < 1.29 is 4.79 Å². The number of halogens is 1. The predicted octanol–water partition coefficient (Wildman–Crippen LogP) is 4.67. The molecule has 0 bridgehead atoms. The number of rotatable bonds is 7. The summed E-state index contributed by atoms with van der Waals surface area (Å²) >= 11 is 3.51. The lowest BCUT2D eigenvalue weighted by atomic mass is 10.1. The fraction of sp³-hybridized carbons (Fsp3) is 0.308. The highest BCUT2D eigenvalue weighted by atomic mass is 79.9. The van der Waals surface area contributed by atoms with Crippen molar-refractivity contribution in [1.82, 2.24) is 33.9 Å². The number of carbonyl (C=O) groups excluding carboxylic acids is 1. The fourth-order valence-corrected chi connectivity index (χ4v) is 5.06. The lowest BCUT2D eigenvalue weighted by molar-refractivity contribution is 0.0949. The summed E-state index contributed by atoms with van der Waals surface area (Å²) in [6.07, 6.45) is 14.6. The summed E-state index contributed by atoms with van der Waals surface area (Å²) in [6.45, 7) is 0.893. The molecule has 5 heterocycles. The zero-order valence-electron chi connectivity index (χ0n) is 19.1. The Hall–Kier alpha value is -3.46. The van der Waals surface area contributed by atoms with Crippen molar-refractivity contribution >= 4 is 33.0 Å². The van der Waals surface area contributed by atoms with Crippen molar-refractivity contribution in [2.45, 2.75) is 50.6 Å². The van der Waals surface area contributed by atoms with E-state index in [0.29, 0.717) is 30.5 Å². The minimum absolute atomic E-state index is 0.113. The van der Waals surface area contributed by atoms with Crippen molar-refractivity contribution in [2.75, 3.05) is 0 Å². The zero-order valence-corrected chi connectivity index (χ0v) is 20.6. The van der Waals surface area contributed by atoms with Gasteiger partial charge in [-0.25, -0.2) is 9.97 Å². The van der Waals surface area contributed by atoms with Crippen LogP contribution in [0.25, 0.3) is 11.2 Å². The topological polar surface area (TPSA) is 81.5 Å². The van der Waals surface area contributed by atoms with Gasteiger partial charge in [-0.05, 0) is 55.4 Å². The molecule has 5 aromatic rings. The van der Waals surface area contributed by atoms with Crippen molar-refractivity contribution in [1.29, 1.82) is 0 Å². The monoisotopic (exact) mass is 529 g/mol. The number of imidazole rings is 2. The third-order valence-electron chi connectivity index (χ3n) is 6.89. The highest BCUT2D eigenvalue weighted by molar-refractivity contribution is 9.10. The van der Waals surface area contributed by atoms with Gasteiger partial charge in [-0.15, -0.1) is 0 Å². The molecular weight excluding hydrogens is 506 g/mol. The standard InChI is InChI=1S/C26H24BrN7O/c27-19-7-8-32-15-29-22(23(32)9-19)10-28-26(35)21-14-34(31-25(21)17-3-4-17)13-20-12-33-11-18(16-1-2-16)5-6-24(33)30-20/h5-9,11-12,14-17H,1-4,10,13H2,(H,28,35). The summed E-state index contributed by atoms with van der Waals surface area (Å²) in [5, 5.41) is 7.86. The van der Waals surface area contributed by atoms with E-state index >= 15 is 0 Å². The SMILES string of the molecule is O=C(NCc1ncn2ccc(Br)cc12)c1cn(Cc2cn3cc(C4CC4)ccc3n2)nc1C1CC1. The van der Waals surface area contributed by atoms with E-state index in [0.717, 1.165) is 45.6 Å². The molecule has 2 aliphatic rings. The first-order chi connectivity index (χ1) is 17.1. The zero-order chi connectivity index (χ0) is 23.5. The first-order valence-electron chi connectivity index (χ1n) is 12.0. The van der Waals surface area contributed by atoms with Crippen LogP contribution >= 0.6 is 15.9 Å². The Morgan fingerprint density at radius 2 is 1.91 bits per heavy atom. The Morgan fingerprint density at radius 3 is 2.74 bits per heavy atom. The number of fused-ring (bicyclic) bond motifs is 2. The summed E-state index contributed by atoms with van der Waals surface area (Å²) in [5.41, 5.74) is 6.59. The minimum Gasteiger partial charge on any atom is -0.346 e. The van der Waals surface area contributed by atoms with E-state index in [1.165, 1.54) is 18.4 Å². The Balaban J connectivity index is 1.11. The molecule has 9 heteroatoms. The first kappa shape index (κ1) is 20.9. The molecule has 8 nitrogen and oxygen atoms in total. The number of hydrogen-bond acceptors (Lipinski definition) is 4. The van der Waals surface area contributed by atoms with Crippen LogP contribution in [0.4, 0.5) is 0 Å². The Morgan fingerprint density at radius 1 is 1.06 bits per heavy atom. The first-order valence-corrected chi connectivity index (χ1v) is 12.8. The molecule has 2 saturated carbocycles. The molecule has 1 amide bonds. The molecule has 1 N–H and O–H groups in total. The molecule has 0 spiro atoms. The van der Waals surface area contributed by atoms with Crippen LogP contribution in [0.2, 0.25) is 0 Å². The lowest BCUT2D eigenvalue weighted by Crippen LogP contribution is -2.23. The maximum Gasteiger partial charge on any atom is 0.255 e. The van der Waals surface area contributed by atoms with E-state index in [4.69, 9.17) is 10.1 Å². The quantitative estimate of drug-likeness (QED) is 0.332. The number of hydrogen-bond donors (Lipinski definition) is 1. The molecule has 0 aliphatic heterocycles. The van der Waals surface area contributed by atoms with E-state index in [9.17, 15) is 4.79 Å². The number of amides is 1. The molecule has 2 fully saturated rings. The van der Waals surface area contributed by atoms with Crippen molar-refractivity contribution in [3.8, 4) is 0 Å². The van der Waals surface area contributed by atoms with Gasteiger partial charge in [0.15, 0.2) is 0 Å². The Labute approximate surface area is 210 Å². The van der Waals surface area contributed by atoms with Crippen molar-refractivity contribution in [3.63, 3.8) is 0 Å². The summed E-state index contributed by atoms with van der Waals surface area (Å²) in [4.78, 5) is 22.4. The summed E-state index contributed by atoms with van der Waals surface area (Å²) in [5.74, 6) is 0.960. The molecule has 2 aliphatic carbocycles. The van der Waals surface area contributed by atoms with Crippen molar-refractivity contribution in [2.24, 2.45) is 0 Å².